The van der Waals surface area contributed by atoms with Gasteiger partial charge in [-0.25, -0.2) is 0 Å². The normalized spacial score (nSPS) is 29.3. The van der Waals surface area contributed by atoms with Gasteiger partial charge in [0, 0.05) is 22.7 Å². The summed E-state index contributed by atoms with van der Waals surface area (Å²) in [5, 5.41) is 13.5. The molecule has 16 heavy (non-hydrogen) atoms. The number of halogens is 1. The highest BCUT2D eigenvalue weighted by molar-refractivity contribution is 9.10. The van der Waals surface area contributed by atoms with Crippen molar-refractivity contribution in [3.8, 4) is 0 Å². The second-order valence-corrected chi connectivity index (χ2v) is 5.50. The first-order valence-corrected chi connectivity index (χ1v) is 6.34. The van der Waals surface area contributed by atoms with Crippen molar-refractivity contribution in [3.05, 3.63) is 28.7 Å². The lowest BCUT2D eigenvalue weighted by molar-refractivity contribution is 0.0601. The number of hydrogen-bond donors (Lipinski definition) is 3. The number of nitrogens with one attached hydrogen (secondary N) is 1. The van der Waals surface area contributed by atoms with Gasteiger partial charge in [0.1, 0.15) is 0 Å². The molecule has 88 valence electrons. The molecule has 2 atom stereocenters. The lowest BCUT2D eigenvalue weighted by atomic mass is 10.0. The summed E-state index contributed by atoms with van der Waals surface area (Å²) in [7, 11) is 0. The lowest BCUT2D eigenvalue weighted by Gasteiger charge is -2.23. The van der Waals surface area contributed by atoms with Crippen LogP contribution in [0, 0.1) is 0 Å². The van der Waals surface area contributed by atoms with E-state index in [4.69, 9.17) is 5.73 Å². The molecule has 1 fully saturated rings. The predicted molar refractivity (Wildman–Crippen MR) is 69.4 cm³/mol. The molecule has 0 aliphatic heterocycles. The second-order valence-electron chi connectivity index (χ2n) is 4.59. The lowest BCUT2D eigenvalue weighted by Crippen LogP contribution is -2.35. The molecule has 1 aromatic rings. The van der Waals surface area contributed by atoms with Gasteiger partial charge < -0.3 is 16.2 Å². The van der Waals surface area contributed by atoms with Crippen molar-refractivity contribution in [2.24, 2.45) is 5.73 Å². The number of benzene rings is 1. The maximum Gasteiger partial charge on any atom is 0.0834 e. The van der Waals surface area contributed by atoms with Crippen LogP contribution in [-0.2, 0) is 0 Å². The Balaban J connectivity index is 1.90. The van der Waals surface area contributed by atoms with E-state index >= 15 is 0 Å². The van der Waals surface area contributed by atoms with Crippen molar-refractivity contribution in [3.63, 3.8) is 0 Å². The van der Waals surface area contributed by atoms with E-state index < -0.39 is 5.60 Å². The van der Waals surface area contributed by atoms with E-state index in [1.54, 1.807) is 0 Å². The Morgan fingerprint density at radius 1 is 1.44 bits per heavy atom. The molecule has 0 saturated heterocycles. The van der Waals surface area contributed by atoms with Crippen molar-refractivity contribution in [2.75, 3.05) is 11.9 Å². The van der Waals surface area contributed by atoms with Crippen LogP contribution in [0.4, 0.5) is 5.69 Å². The van der Waals surface area contributed by atoms with Crippen molar-refractivity contribution < 1.29 is 5.11 Å². The number of aliphatic hydroxyl groups is 1. The smallest absolute Gasteiger partial charge is 0.0834 e. The standard InChI is InChI=1S/C12H17BrN2O/c13-9-1-3-11(4-2-9)15-8-12(16)6-5-10(14)7-12/h1-4,10,15-16H,5-8,14H2. The van der Waals surface area contributed by atoms with Crippen molar-refractivity contribution in [1.82, 2.24) is 0 Å². The van der Waals surface area contributed by atoms with E-state index in [0.29, 0.717) is 13.0 Å². The van der Waals surface area contributed by atoms with Crippen LogP contribution in [0.25, 0.3) is 0 Å². The van der Waals surface area contributed by atoms with E-state index in [1.165, 1.54) is 0 Å². The van der Waals surface area contributed by atoms with Crippen molar-refractivity contribution in [1.29, 1.82) is 0 Å². The largest absolute Gasteiger partial charge is 0.388 e. The van der Waals surface area contributed by atoms with Gasteiger partial charge in [-0.05, 0) is 43.5 Å². The highest BCUT2D eigenvalue weighted by Crippen LogP contribution is 2.29. The summed E-state index contributed by atoms with van der Waals surface area (Å²) < 4.78 is 1.06. The third kappa shape index (κ3) is 2.97. The number of rotatable bonds is 3. The van der Waals surface area contributed by atoms with Gasteiger partial charge in [0.15, 0.2) is 0 Å². The van der Waals surface area contributed by atoms with Crippen LogP contribution < -0.4 is 11.1 Å². The highest BCUT2D eigenvalue weighted by atomic mass is 79.9. The van der Waals surface area contributed by atoms with E-state index in [9.17, 15) is 5.11 Å². The molecule has 0 amide bonds. The SMILES string of the molecule is NC1CCC(O)(CNc2ccc(Br)cc2)C1. The van der Waals surface area contributed by atoms with Crippen LogP contribution >= 0.6 is 15.9 Å². The summed E-state index contributed by atoms with van der Waals surface area (Å²) in [6.07, 6.45) is 2.40. The molecule has 3 nitrogen and oxygen atoms in total. The van der Waals surface area contributed by atoms with Gasteiger partial charge >= 0.3 is 0 Å². The Labute approximate surface area is 104 Å². The molecule has 0 aromatic heterocycles. The predicted octanol–water partition coefficient (Wildman–Crippen LogP) is 2.10. The van der Waals surface area contributed by atoms with Crippen LogP contribution in [0.15, 0.2) is 28.7 Å². The van der Waals surface area contributed by atoms with Gasteiger partial charge in [-0.3, -0.25) is 0 Å². The first-order valence-electron chi connectivity index (χ1n) is 5.55. The molecule has 0 bridgehead atoms. The Morgan fingerprint density at radius 2 is 2.12 bits per heavy atom. The van der Waals surface area contributed by atoms with Gasteiger partial charge in [-0.15, -0.1) is 0 Å². The number of hydrogen-bond acceptors (Lipinski definition) is 3. The Bertz CT molecular complexity index is 355. The minimum Gasteiger partial charge on any atom is -0.388 e. The third-order valence-electron chi connectivity index (χ3n) is 3.09. The van der Waals surface area contributed by atoms with Crippen LogP contribution in [-0.4, -0.2) is 23.3 Å². The quantitative estimate of drug-likeness (QED) is 0.797. The van der Waals surface area contributed by atoms with Gasteiger partial charge in [-0.1, -0.05) is 15.9 Å². The van der Waals surface area contributed by atoms with Crippen molar-refractivity contribution in [2.45, 2.75) is 30.9 Å². The Morgan fingerprint density at radius 3 is 2.69 bits per heavy atom. The third-order valence-corrected chi connectivity index (χ3v) is 3.62. The summed E-state index contributed by atoms with van der Waals surface area (Å²) in [4.78, 5) is 0. The highest BCUT2D eigenvalue weighted by Gasteiger charge is 2.35. The average molecular weight is 285 g/mol. The van der Waals surface area contributed by atoms with Crippen LogP contribution in [0.2, 0.25) is 0 Å². The number of nitrogens with two attached hydrogens (primary N) is 1. The molecule has 2 rings (SSSR count). The first-order chi connectivity index (χ1) is 7.57. The minimum absolute atomic E-state index is 0.150. The van der Waals surface area contributed by atoms with Gasteiger partial charge in [0.05, 0.1) is 5.60 Å². The molecule has 1 aromatic carbocycles. The fourth-order valence-corrected chi connectivity index (χ4v) is 2.41. The molecule has 0 heterocycles. The summed E-state index contributed by atoms with van der Waals surface area (Å²) in [6.45, 7) is 0.572. The maximum absolute atomic E-state index is 10.2. The molecule has 1 aliphatic rings. The summed E-state index contributed by atoms with van der Waals surface area (Å²) in [5.74, 6) is 0. The van der Waals surface area contributed by atoms with Gasteiger partial charge in [0.2, 0.25) is 0 Å². The zero-order valence-corrected chi connectivity index (χ0v) is 10.7. The van der Waals surface area contributed by atoms with E-state index in [2.05, 4.69) is 21.2 Å². The van der Waals surface area contributed by atoms with Crippen LogP contribution in [0.1, 0.15) is 19.3 Å². The average Bonchev–Trinajstić information content (AvgIpc) is 2.59. The summed E-state index contributed by atoms with van der Waals surface area (Å²) in [5.41, 5.74) is 6.20. The first kappa shape index (κ1) is 11.9. The van der Waals surface area contributed by atoms with Gasteiger partial charge in [-0.2, -0.15) is 0 Å². The fraction of sp³-hybridized carbons (Fsp3) is 0.500. The molecule has 1 saturated carbocycles. The Kier molecular flexibility index (Phi) is 3.52. The fourth-order valence-electron chi connectivity index (χ4n) is 2.14. The van der Waals surface area contributed by atoms with E-state index in [0.717, 1.165) is 23.0 Å². The molecule has 0 spiro atoms. The molecule has 4 N–H and O–H groups in total. The zero-order valence-electron chi connectivity index (χ0n) is 9.12. The molecular formula is C12H17BrN2O. The second kappa shape index (κ2) is 4.73. The van der Waals surface area contributed by atoms with E-state index in [-0.39, 0.29) is 6.04 Å². The Hall–Kier alpha value is -0.580. The molecular weight excluding hydrogens is 268 g/mol. The maximum atomic E-state index is 10.2. The number of anilines is 1. The molecule has 2 unspecified atom stereocenters. The zero-order chi connectivity index (χ0) is 11.6. The monoisotopic (exact) mass is 284 g/mol. The van der Waals surface area contributed by atoms with Gasteiger partial charge in [0.25, 0.3) is 0 Å². The molecule has 4 heteroatoms. The minimum atomic E-state index is -0.632. The van der Waals surface area contributed by atoms with Crippen LogP contribution in [0.3, 0.4) is 0 Å². The van der Waals surface area contributed by atoms with Crippen LogP contribution in [0.5, 0.6) is 0 Å². The summed E-state index contributed by atoms with van der Waals surface area (Å²) in [6, 6.07) is 8.08. The summed E-state index contributed by atoms with van der Waals surface area (Å²) >= 11 is 3.39. The van der Waals surface area contributed by atoms with E-state index in [1.807, 2.05) is 24.3 Å². The molecule has 0 radical (unpaired) electrons. The topological polar surface area (TPSA) is 58.3 Å². The molecule has 1 aliphatic carbocycles. The van der Waals surface area contributed by atoms with Crippen molar-refractivity contribution >= 4 is 21.6 Å².